The van der Waals surface area contributed by atoms with Gasteiger partial charge < -0.3 is 15.5 Å². The lowest BCUT2D eigenvalue weighted by Crippen LogP contribution is -2.46. The SMILES string of the molecule is O=C(NC(C(=O)O)C(=O)O)c1ccc(Br)cc1. The van der Waals surface area contributed by atoms with E-state index in [1.807, 2.05) is 5.32 Å². The Morgan fingerprint density at radius 1 is 1.06 bits per heavy atom. The first-order chi connectivity index (χ1) is 7.91. The Kier molecular flexibility index (Phi) is 4.22. The molecule has 3 N–H and O–H groups in total. The smallest absolute Gasteiger partial charge is 0.338 e. The van der Waals surface area contributed by atoms with Crippen molar-refractivity contribution in [2.75, 3.05) is 0 Å². The molecule has 0 aliphatic carbocycles. The number of carbonyl (C=O) groups excluding carboxylic acids is 1. The van der Waals surface area contributed by atoms with Crippen LogP contribution in [0.4, 0.5) is 0 Å². The maximum absolute atomic E-state index is 11.5. The summed E-state index contributed by atoms with van der Waals surface area (Å²) in [5, 5.41) is 19.1. The Labute approximate surface area is 104 Å². The average molecular weight is 302 g/mol. The molecule has 7 heteroatoms. The molecule has 1 aromatic carbocycles. The van der Waals surface area contributed by atoms with E-state index >= 15 is 0 Å². The summed E-state index contributed by atoms with van der Waals surface area (Å²) in [6, 6.07) is 4.11. The number of carboxylic acid groups (broad SMARTS) is 2. The number of carbonyl (C=O) groups is 3. The van der Waals surface area contributed by atoms with Gasteiger partial charge >= 0.3 is 11.9 Å². The summed E-state index contributed by atoms with van der Waals surface area (Å²) in [5.74, 6) is -4.00. The molecule has 1 rings (SSSR count). The first-order valence-electron chi connectivity index (χ1n) is 4.44. The van der Waals surface area contributed by atoms with Crippen molar-refractivity contribution in [1.82, 2.24) is 5.32 Å². The summed E-state index contributed by atoms with van der Waals surface area (Å²) in [5.41, 5.74) is 0.181. The van der Waals surface area contributed by atoms with Crippen molar-refractivity contribution in [1.29, 1.82) is 0 Å². The highest BCUT2D eigenvalue weighted by Gasteiger charge is 2.27. The third kappa shape index (κ3) is 3.56. The van der Waals surface area contributed by atoms with Gasteiger partial charge in [0.05, 0.1) is 0 Å². The second kappa shape index (κ2) is 5.44. The van der Waals surface area contributed by atoms with Crippen molar-refractivity contribution < 1.29 is 24.6 Å². The summed E-state index contributed by atoms with van der Waals surface area (Å²) in [6.45, 7) is 0. The van der Waals surface area contributed by atoms with Crippen molar-refractivity contribution in [2.45, 2.75) is 6.04 Å². The Morgan fingerprint density at radius 2 is 1.53 bits per heavy atom. The lowest BCUT2D eigenvalue weighted by atomic mass is 10.2. The summed E-state index contributed by atoms with van der Waals surface area (Å²) in [7, 11) is 0. The Bertz CT molecular complexity index is 442. The highest BCUT2D eigenvalue weighted by Crippen LogP contribution is 2.10. The predicted octanol–water partition coefficient (Wildman–Crippen LogP) is 0.717. The van der Waals surface area contributed by atoms with Crippen molar-refractivity contribution in [2.24, 2.45) is 0 Å². The van der Waals surface area contributed by atoms with E-state index in [1.54, 1.807) is 12.1 Å². The van der Waals surface area contributed by atoms with Gasteiger partial charge in [0.25, 0.3) is 5.91 Å². The molecule has 6 nitrogen and oxygen atoms in total. The molecule has 0 bridgehead atoms. The number of benzene rings is 1. The van der Waals surface area contributed by atoms with Crippen molar-refractivity contribution in [3.8, 4) is 0 Å². The van der Waals surface area contributed by atoms with Gasteiger partial charge in [0.2, 0.25) is 6.04 Å². The number of aliphatic carboxylic acids is 2. The van der Waals surface area contributed by atoms with E-state index in [4.69, 9.17) is 10.2 Å². The Balaban J connectivity index is 2.81. The average Bonchev–Trinajstić information content (AvgIpc) is 2.25. The molecule has 0 fully saturated rings. The third-order valence-corrected chi connectivity index (χ3v) is 2.40. The van der Waals surface area contributed by atoms with Gasteiger partial charge in [-0.15, -0.1) is 0 Å². The zero-order valence-electron chi connectivity index (χ0n) is 8.38. The van der Waals surface area contributed by atoms with Gasteiger partial charge in [0.1, 0.15) is 0 Å². The molecule has 0 aromatic heterocycles. The van der Waals surface area contributed by atoms with Crippen LogP contribution < -0.4 is 5.32 Å². The lowest BCUT2D eigenvalue weighted by Gasteiger charge is -2.09. The largest absolute Gasteiger partial charge is 0.479 e. The van der Waals surface area contributed by atoms with E-state index in [2.05, 4.69) is 15.9 Å². The van der Waals surface area contributed by atoms with Crippen LogP contribution in [0.15, 0.2) is 28.7 Å². The van der Waals surface area contributed by atoms with Crippen LogP contribution >= 0.6 is 15.9 Å². The molecular weight excluding hydrogens is 294 g/mol. The quantitative estimate of drug-likeness (QED) is 0.711. The standard InChI is InChI=1S/C10H8BrNO5/c11-6-3-1-5(2-4-6)8(13)12-7(9(14)15)10(16)17/h1-4,7H,(H,12,13)(H,14,15)(H,16,17). The van der Waals surface area contributed by atoms with Gasteiger partial charge in [-0.1, -0.05) is 15.9 Å². The van der Waals surface area contributed by atoms with Crippen LogP contribution in [0.3, 0.4) is 0 Å². The number of amides is 1. The number of hydrogen-bond acceptors (Lipinski definition) is 3. The normalized spacial score (nSPS) is 10.0. The number of hydrogen-bond donors (Lipinski definition) is 3. The maximum atomic E-state index is 11.5. The van der Waals surface area contributed by atoms with Crippen molar-refractivity contribution >= 4 is 33.8 Å². The van der Waals surface area contributed by atoms with Crippen LogP contribution in [0.2, 0.25) is 0 Å². The van der Waals surface area contributed by atoms with Crippen LogP contribution in [0.1, 0.15) is 10.4 Å². The monoisotopic (exact) mass is 301 g/mol. The number of halogens is 1. The molecule has 0 saturated heterocycles. The van der Waals surface area contributed by atoms with Gasteiger partial charge in [0.15, 0.2) is 0 Å². The van der Waals surface area contributed by atoms with Crippen LogP contribution in [-0.2, 0) is 9.59 Å². The molecule has 0 saturated carbocycles. The summed E-state index contributed by atoms with van der Waals surface area (Å²) in [4.78, 5) is 32.6. The highest BCUT2D eigenvalue weighted by molar-refractivity contribution is 9.10. The van der Waals surface area contributed by atoms with Gasteiger partial charge in [-0.3, -0.25) is 4.79 Å². The van der Waals surface area contributed by atoms with Gasteiger partial charge in [-0.2, -0.15) is 0 Å². The molecular formula is C10H8BrNO5. The summed E-state index contributed by atoms with van der Waals surface area (Å²) < 4.78 is 0.752. The minimum Gasteiger partial charge on any atom is -0.479 e. The van der Waals surface area contributed by atoms with E-state index < -0.39 is 23.9 Å². The second-order valence-corrected chi connectivity index (χ2v) is 4.01. The fraction of sp³-hybridized carbons (Fsp3) is 0.100. The van der Waals surface area contributed by atoms with Gasteiger partial charge in [-0.25, -0.2) is 9.59 Å². The zero-order valence-corrected chi connectivity index (χ0v) is 9.97. The Hall–Kier alpha value is -1.89. The molecule has 17 heavy (non-hydrogen) atoms. The molecule has 0 heterocycles. The summed E-state index contributed by atoms with van der Waals surface area (Å²) >= 11 is 3.17. The fourth-order valence-corrected chi connectivity index (χ4v) is 1.31. The first kappa shape index (κ1) is 13.2. The minimum atomic E-state index is -1.95. The molecule has 0 radical (unpaired) electrons. The zero-order chi connectivity index (χ0) is 13.0. The number of nitrogens with one attached hydrogen (secondary N) is 1. The predicted molar refractivity (Wildman–Crippen MR) is 60.7 cm³/mol. The molecule has 0 spiro atoms. The van der Waals surface area contributed by atoms with E-state index in [1.165, 1.54) is 12.1 Å². The second-order valence-electron chi connectivity index (χ2n) is 3.09. The van der Waals surface area contributed by atoms with E-state index in [0.29, 0.717) is 0 Å². The van der Waals surface area contributed by atoms with Crippen LogP contribution in [0.25, 0.3) is 0 Å². The minimum absolute atomic E-state index is 0.181. The number of rotatable bonds is 4. The molecule has 1 amide bonds. The van der Waals surface area contributed by atoms with Crippen LogP contribution in [-0.4, -0.2) is 34.1 Å². The molecule has 0 aliphatic heterocycles. The highest BCUT2D eigenvalue weighted by atomic mass is 79.9. The van der Waals surface area contributed by atoms with Crippen LogP contribution in [0, 0.1) is 0 Å². The van der Waals surface area contributed by atoms with Gasteiger partial charge in [-0.05, 0) is 24.3 Å². The molecule has 0 aliphatic rings. The Morgan fingerprint density at radius 3 is 1.94 bits per heavy atom. The van der Waals surface area contributed by atoms with Crippen LogP contribution in [0.5, 0.6) is 0 Å². The van der Waals surface area contributed by atoms with E-state index in [-0.39, 0.29) is 5.56 Å². The molecule has 90 valence electrons. The third-order valence-electron chi connectivity index (χ3n) is 1.88. The molecule has 1 aromatic rings. The number of carboxylic acids is 2. The van der Waals surface area contributed by atoms with Gasteiger partial charge in [0, 0.05) is 10.0 Å². The molecule has 0 atom stereocenters. The fourth-order valence-electron chi connectivity index (χ4n) is 1.04. The van der Waals surface area contributed by atoms with Crippen molar-refractivity contribution in [3.05, 3.63) is 34.3 Å². The van der Waals surface area contributed by atoms with E-state index in [0.717, 1.165) is 4.47 Å². The first-order valence-corrected chi connectivity index (χ1v) is 5.23. The lowest BCUT2D eigenvalue weighted by molar-refractivity contribution is -0.150. The summed E-state index contributed by atoms with van der Waals surface area (Å²) in [6.07, 6.45) is 0. The maximum Gasteiger partial charge on any atom is 0.338 e. The van der Waals surface area contributed by atoms with E-state index in [9.17, 15) is 14.4 Å². The molecule has 0 unspecified atom stereocenters. The topological polar surface area (TPSA) is 104 Å². The van der Waals surface area contributed by atoms with Crippen molar-refractivity contribution in [3.63, 3.8) is 0 Å².